The van der Waals surface area contributed by atoms with Gasteiger partial charge in [0.25, 0.3) is 0 Å². The molecule has 3 N–H and O–H groups in total. The van der Waals surface area contributed by atoms with Crippen LogP contribution in [0, 0.1) is 0 Å². The normalized spacial score (nSPS) is 17.6. The summed E-state index contributed by atoms with van der Waals surface area (Å²) in [7, 11) is -3.19. The van der Waals surface area contributed by atoms with Gasteiger partial charge in [0, 0.05) is 38.8 Å². The molecule has 0 saturated carbocycles. The van der Waals surface area contributed by atoms with Crippen molar-refractivity contribution >= 4 is 21.7 Å². The van der Waals surface area contributed by atoms with E-state index >= 15 is 0 Å². The van der Waals surface area contributed by atoms with Gasteiger partial charge in [0.15, 0.2) is 5.96 Å². The Hall–Kier alpha value is -2.14. The van der Waals surface area contributed by atoms with Crippen LogP contribution in [0.1, 0.15) is 19.8 Å². The second kappa shape index (κ2) is 11.1. The number of rotatable bonds is 10. The summed E-state index contributed by atoms with van der Waals surface area (Å²) in [5.41, 5.74) is 0.644. The van der Waals surface area contributed by atoms with Gasteiger partial charge in [-0.15, -0.1) is 0 Å². The predicted octanol–water partition coefficient (Wildman–Crippen LogP) is 1.36. The maximum atomic E-state index is 12.6. The fraction of sp³-hybridized carbons (Fsp3) is 0.611. The predicted molar refractivity (Wildman–Crippen MR) is 110 cm³/mol. The molecule has 0 spiro atoms. The minimum absolute atomic E-state index is 0.0987. The lowest BCUT2D eigenvalue weighted by atomic mass is 10.2. The summed E-state index contributed by atoms with van der Waals surface area (Å²) in [5, 5.41) is 6.52. The van der Waals surface area contributed by atoms with E-state index in [2.05, 4.69) is 25.1 Å². The Morgan fingerprint density at radius 3 is 2.83 bits per heavy atom. The average molecular weight is 434 g/mol. The number of nitrogens with one attached hydrogen (secondary N) is 3. The number of nitrogens with zero attached hydrogens (tertiary/aromatic N) is 2. The van der Waals surface area contributed by atoms with Crippen LogP contribution in [0.3, 0.4) is 0 Å². The Kier molecular flexibility index (Phi) is 8.90. The molecule has 1 heterocycles. The van der Waals surface area contributed by atoms with Crippen LogP contribution >= 0.6 is 0 Å². The summed E-state index contributed by atoms with van der Waals surface area (Å²) in [6.07, 6.45) is 2.53. The van der Waals surface area contributed by atoms with Crippen LogP contribution in [-0.4, -0.2) is 66.0 Å². The topological polar surface area (TPSA) is 95.1 Å². The standard InChI is InChI=1S/C18H29F2N5O3S/c1-3-21-18(22-10-6-11-23-29(2,26)27)24-14-9-12-25(13-14)15-7-4-5-8-16(15)28-17(19)20/h4-5,7-8,14,17,23H,3,6,9-13H2,1-2H3,(H2,21,22,24). The SMILES string of the molecule is CCNC(=NCCCNS(C)(=O)=O)NC1CCN(c2ccccc2OC(F)F)C1. The molecule has 1 aromatic carbocycles. The lowest BCUT2D eigenvalue weighted by Crippen LogP contribution is -2.44. The molecule has 0 amide bonds. The zero-order valence-corrected chi connectivity index (χ0v) is 17.5. The number of anilines is 1. The van der Waals surface area contributed by atoms with Gasteiger partial charge in [0.05, 0.1) is 11.9 Å². The Labute approximate surface area is 170 Å². The minimum Gasteiger partial charge on any atom is -0.433 e. The van der Waals surface area contributed by atoms with Crippen molar-refractivity contribution in [1.82, 2.24) is 15.4 Å². The van der Waals surface area contributed by atoms with Crippen molar-refractivity contribution < 1.29 is 21.9 Å². The summed E-state index contributed by atoms with van der Waals surface area (Å²) < 4.78 is 54.5. The van der Waals surface area contributed by atoms with Crippen LogP contribution in [0.5, 0.6) is 5.75 Å². The first-order chi connectivity index (χ1) is 13.8. The second-order valence-corrected chi connectivity index (χ2v) is 8.54. The highest BCUT2D eigenvalue weighted by atomic mass is 32.2. The van der Waals surface area contributed by atoms with E-state index in [0.717, 1.165) is 12.7 Å². The first kappa shape index (κ1) is 23.1. The number of ether oxygens (including phenoxy) is 1. The molecule has 1 atom stereocenters. The van der Waals surface area contributed by atoms with Crippen molar-refractivity contribution in [2.75, 3.05) is 43.9 Å². The number of para-hydroxylation sites is 2. The molecule has 8 nitrogen and oxygen atoms in total. The third-order valence-electron chi connectivity index (χ3n) is 4.26. The summed E-state index contributed by atoms with van der Waals surface area (Å²) in [6, 6.07) is 6.87. The number of halogens is 2. The molecule has 164 valence electrons. The number of hydrogen-bond donors (Lipinski definition) is 3. The van der Waals surface area contributed by atoms with E-state index in [1.54, 1.807) is 18.2 Å². The third kappa shape index (κ3) is 8.40. The highest BCUT2D eigenvalue weighted by Crippen LogP contribution is 2.31. The van der Waals surface area contributed by atoms with E-state index in [9.17, 15) is 17.2 Å². The summed E-state index contributed by atoms with van der Waals surface area (Å²) in [6.45, 7) is 1.93. The Bertz CT molecular complexity index is 777. The Morgan fingerprint density at radius 1 is 1.38 bits per heavy atom. The monoisotopic (exact) mass is 433 g/mol. The largest absolute Gasteiger partial charge is 0.433 e. The van der Waals surface area contributed by atoms with Gasteiger partial charge in [-0.05, 0) is 31.9 Å². The Morgan fingerprint density at radius 2 is 2.14 bits per heavy atom. The van der Waals surface area contributed by atoms with Crippen LogP contribution in [0.2, 0.25) is 0 Å². The smallest absolute Gasteiger partial charge is 0.387 e. The van der Waals surface area contributed by atoms with Crippen molar-refractivity contribution in [1.29, 1.82) is 0 Å². The summed E-state index contributed by atoms with van der Waals surface area (Å²) in [4.78, 5) is 6.48. The molecule has 0 radical (unpaired) electrons. The molecule has 29 heavy (non-hydrogen) atoms. The highest BCUT2D eigenvalue weighted by Gasteiger charge is 2.26. The van der Waals surface area contributed by atoms with Gasteiger partial charge in [-0.2, -0.15) is 8.78 Å². The van der Waals surface area contributed by atoms with E-state index in [1.807, 2.05) is 11.8 Å². The maximum Gasteiger partial charge on any atom is 0.387 e. The summed E-state index contributed by atoms with van der Waals surface area (Å²) in [5.74, 6) is 0.818. The molecule has 1 aliphatic heterocycles. The van der Waals surface area contributed by atoms with E-state index in [-0.39, 0.29) is 11.8 Å². The van der Waals surface area contributed by atoms with E-state index in [0.29, 0.717) is 50.8 Å². The van der Waals surface area contributed by atoms with Crippen molar-refractivity contribution in [2.45, 2.75) is 32.4 Å². The number of guanidine groups is 1. The van der Waals surface area contributed by atoms with Crippen LogP contribution in [0.25, 0.3) is 0 Å². The van der Waals surface area contributed by atoms with Gasteiger partial charge in [0.2, 0.25) is 10.0 Å². The lowest BCUT2D eigenvalue weighted by Gasteiger charge is -2.22. The molecule has 1 fully saturated rings. The van der Waals surface area contributed by atoms with Crippen molar-refractivity contribution in [3.8, 4) is 5.75 Å². The first-order valence-electron chi connectivity index (χ1n) is 9.56. The molecule has 11 heteroatoms. The van der Waals surface area contributed by atoms with E-state index in [4.69, 9.17) is 0 Å². The number of sulfonamides is 1. The lowest BCUT2D eigenvalue weighted by molar-refractivity contribution is -0.0495. The first-order valence-corrected chi connectivity index (χ1v) is 11.5. The number of benzene rings is 1. The Balaban J connectivity index is 1.90. The van der Waals surface area contributed by atoms with Gasteiger partial charge in [-0.25, -0.2) is 13.1 Å². The van der Waals surface area contributed by atoms with Crippen molar-refractivity contribution in [3.63, 3.8) is 0 Å². The molecule has 0 aromatic heterocycles. The molecule has 1 saturated heterocycles. The molecule has 1 aliphatic rings. The van der Waals surface area contributed by atoms with Gasteiger partial charge in [0.1, 0.15) is 5.75 Å². The fourth-order valence-electron chi connectivity index (χ4n) is 3.05. The quantitative estimate of drug-likeness (QED) is 0.293. The van der Waals surface area contributed by atoms with E-state index in [1.165, 1.54) is 6.07 Å². The number of hydrogen-bond acceptors (Lipinski definition) is 5. The van der Waals surface area contributed by atoms with Crippen molar-refractivity contribution in [3.05, 3.63) is 24.3 Å². The molecular weight excluding hydrogens is 404 g/mol. The summed E-state index contributed by atoms with van der Waals surface area (Å²) >= 11 is 0. The average Bonchev–Trinajstić information content (AvgIpc) is 3.09. The zero-order chi connectivity index (χ0) is 21.3. The van der Waals surface area contributed by atoms with Crippen LogP contribution in [0.4, 0.5) is 14.5 Å². The number of aliphatic imine (C=N–C) groups is 1. The second-order valence-electron chi connectivity index (χ2n) is 6.70. The molecule has 2 rings (SSSR count). The van der Waals surface area contributed by atoms with Gasteiger partial charge in [-0.1, -0.05) is 12.1 Å². The number of alkyl halides is 2. The van der Waals surface area contributed by atoms with Crippen molar-refractivity contribution in [2.24, 2.45) is 4.99 Å². The third-order valence-corrected chi connectivity index (χ3v) is 4.99. The van der Waals surface area contributed by atoms with Gasteiger partial charge < -0.3 is 20.3 Å². The molecule has 0 bridgehead atoms. The highest BCUT2D eigenvalue weighted by molar-refractivity contribution is 7.88. The maximum absolute atomic E-state index is 12.6. The van der Waals surface area contributed by atoms with Gasteiger partial charge in [-0.3, -0.25) is 4.99 Å². The molecule has 1 unspecified atom stereocenters. The fourth-order valence-corrected chi connectivity index (χ4v) is 3.57. The minimum atomic E-state index is -3.19. The van der Waals surface area contributed by atoms with E-state index < -0.39 is 16.6 Å². The zero-order valence-electron chi connectivity index (χ0n) is 16.7. The molecular formula is C18H29F2N5O3S. The molecule has 0 aliphatic carbocycles. The van der Waals surface area contributed by atoms with Crippen LogP contribution < -0.4 is 25.0 Å². The molecule has 1 aromatic rings. The van der Waals surface area contributed by atoms with Gasteiger partial charge >= 0.3 is 6.61 Å². The van der Waals surface area contributed by atoms with Crippen LogP contribution in [0.15, 0.2) is 29.3 Å². The van der Waals surface area contributed by atoms with Crippen LogP contribution in [-0.2, 0) is 10.0 Å².